The predicted octanol–water partition coefficient (Wildman–Crippen LogP) is 0.232. The number of hydrogen-bond donors (Lipinski definition) is 2. The average molecular weight is 262 g/mol. The molecule has 0 saturated heterocycles. The van der Waals surface area contributed by atoms with E-state index in [0.29, 0.717) is 12.1 Å². The number of nitrogens with one attached hydrogen (secondary N) is 1. The van der Waals surface area contributed by atoms with E-state index in [1.54, 1.807) is 12.1 Å². The van der Waals surface area contributed by atoms with Gasteiger partial charge in [0.15, 0.2) is 0 Å². The second kappa shape index (κ2) is 5.09. The minimum atomic E-state index is -1.11. The summed E-state index contributed by atoms with van der Waals surface area (Å²) in [5, 5.41) is 11.0. The maximum Gasteiger partial charge on any atom is 0.325 e. The number of hydrogen-bond acceptors (Lipinski definition) is 3. The quantitative estimate of drug-likeness (QED) is 0.813. The first-order valence-electron chi connectivity index (χ1n) is 5.88. The molecule has 0 unspecified atom stereocenters. The molecule has 100 valence electrons. The number of carboxylic acids is 1. The SMILES string of the molecule is C[C@H](NC(=O)CN1Cc2ccccc2C1=O)C(=O)O. The molecule has 1 aromatic rings. The van der Waals surface area contributed by atoms with Crippen molar-refractivity contribution in [2.24, 2.45) is 0 Å². The molecule has 2 rings (SSSR count). The molecule has 1 aliphatic rings. The smallest absolute Gasteiger partial charge is 0.325 e. The Hall–Kier alpha value is -2.37. The molecule has 1 atom stereocenters. The lowest BCUT2D eigenvalue weighted by Gasteiger charge is -2.16. The van der Waals surface area contributed by atoms with Gasteiger partial charge in [0.1, 0.15) is 12.6 Å². The molecule has 19 heavy (non-hydrogen) atoms. The van der Waals surface area contributed by atoms with Gasteiger partial charge < -0.3 is 15.3 Å². The highest BCUT2D eigenvalue weighted by atomic mass is 16.4. The van der Waals surface area contributed by atoms with Gasteiger partial charge in [0, 0.05) is 12.1 Å². The standard InChI is InChI=1S/C13H14N2O4/c1-8(13(18)19)14-11(16)7-15-6-9-4-2-3-5-10(9)12(15)17/h2-5,8H,6-7H2,1H3,(H,14,16)(H,18,19)/t8-/m0/s1. The van der Waals surface area contributed by atoms with Crippen molar-refractivity contribution in [3.05, 3.63) is 35.4 Å². The molecule has 0 bridgehead atoms. The molecule has 1 heterocycles. The minimum absolute atomic E-state index is 0.134. The van der Waals surface area contributed by atoms with Gasteiger partial charge in [-0.25, -0.2) is 0 Å². The van der Waals surface area contributed by atoms with Crippen LogP contribution in [0.2, 0.25) is 0 Å². The van der Waals surface area contributed by atoms with Crippen molar-refractivity contribution < 1.29 is 19.5 Å². The molecular weight excluding hydrogens is 248 g/mol. The summed E-state index contributed by atoms with van der Waals surface area (Å²) in [5.74, 6) is -1.78. The molecule has 0 saturated carbocycles. The number of fused-ring (bicyclic) bond motifs is 1. The van der Waals surface area contributed by atoms with E-state index in [2.05, 4.69) is 5.32 Å². The molecule has 0 aromatic heterocycles. The van der Waals surface area contributed by atoms with Gasteiger partial charge in [-0.2, -0.15) is 0 Å². The Morgan fingerprint density at radius 2 is 2.11 bits per heavy atom. The highest BCUT2D eigenvalue weighted by Crippen LogP contribution is 2.21. The Labute approximate surface area is 110 Å². The van der Waals surface area contributed by atoms with Crippen molar-refractivity contribution >= 4 is 17.8 Å². The van der Waals surface area contributed by atoms with Crippen molar-refractivity contribution in [3.63, 3.8) is 0 Å². The van der Waals surface area contributed by atoms with Gasteiger partial charge in [-0.15, -0.1) is 0 Å². The van der Waals surface area contributed by atoms with Crippen LogP contribution < -0.4 is 5.32 Å². The van der Waals surface area contributed by atoms with Gasteiger partial charge in [-0.3, -0.25) is 14.4 Å². The van der Waals surface area contributed by atoms with E-state index in [1.165, 1.54) is 11.8 Å². The number of rotatable bonds is 4. The normalized spacial score (nSPS) is 15.0. The van der Waals surface area contributed by atoms with Crippen LogP contribution in [0.1, 0.15) is 22.8 Å². The zero-order chi connectivity index (χ0) is 14.0. The zero-order valence-electron chi connectivity index (χ0n) is 10.4. The van der Waals surface area contributed by atoms with Gasteiger partial charge in [0.2, 0.25) is 5.91 Å². The number of amides is 2. The van der Waals surface area contributed by atoms with Crippen LogP contribution in [0.5, 0.6) is 0 Å². The van der Waals surface area contributed by atoms with Crippen LogP contribution in [0.25, 0.3) is 0 Å². The van der Waals surface area contributed by atoms with Gasteiger partial charge in [-0.1, -0.05) is 18.2 Å². The van der Waals surface area contributed by atoms with Crippen molar-refractivity contribution in [2.75, 3.05) is 6.54 Å². The fourth-order valence-electron chi connectivity index (χ4n) is 1.96. The van der Waals surface area contributed by atoms with E-state index >= 15 is 0 Å². The first-order chi connectivity index (χ1) is 8.99. The Bertz CT molecular complexity index is 541. The summed E-state index contributed by atoms with van der Waals surface area (Å²) in [7, 11) is 0. The molecular formula is C13H14N2O4. The summed E-state index contributed by atoms with van der Waals surface area (Å²) in [6.45, 7) is 1.62. The molecule has 0 spiro atoms. The molecule has 2 amide bonds. The van der Waals surface area contributed by atoms with E-state index in [4.69, 9.17) is 5.11 Å². The van der Waals surface area contributed by atoms with Gasteiger partial charge in [0.25, 0.3) is 5.91 Å². The summed E-state index contributed by atoms with van der Waals surface area (Å²) in [4.78, 5) is 35.6. The number of benzene rings is 1. The van der Waals surface area contributed by atoms with E-state index in [9.17, 15) is 14.4 Å². The van der Waals surface area contributed by atoms with Crippen LogP contribution in [0.15, 0.2) is 24.3 Å². The minimum Gasteiger partial charge on any atom is -0.480 e. The van der Waals surface area contributed by atoms with Gasteiger partial charge in [0.05, 0.1) is 0 Å². The largest absolute Gasteiger partial charge is 0.480 e. The second-order valence-corrected chi connectivity index (χ2v) is 4.45. The third-order valence-electron chi connectivity index (χ3n) is 2.98. The van der Waals surface area contributed by atoms with Crippen molar-refractivity contribution in [1.29, 1.82) is 0 Å². The Morgan fingerprint density at radius 3 is 2.74 bits per heavy atom. The molecule has 6 nitrogen and oxygen atoms in total. The van der Waals surface area contributed by atoms with Crippen molar-refractivity contribution in [1.82, 2.24) is 10.2 Å². The van der Waals surface area contributed by atoms with E-state index in [0.717, 1.165) is 5.56 Å². The van der Waals surface area contributed by atoms with Gasteiger partial charge >= 0.3 is 5.97 Å². The number of carbonyl (C=O) groups is 3. The lowest BCUT2D eigenvalue weighted by atomic mass is 10.1. The fraction of sp³-hybridized carbons (Fsp3) is 0.308. The van der Waals surface area contributed by atoms with Crippen LogP contribution in [0, 0.1) is 0 Å². The average Bonchev–Trinajstić information content (AvgIpc) is 2.66. The van der Waals surface area contributed by atoms with E-state index in [1.807, 2.05) is 12.1 Å². The second-order valence-electron chi connectivity index (χ2n) is 4.45. The summed E-state index contributed by atoms with van der Waals surface area (Å²) in [6, 6.07) is 6.20. The maximum atomic E-state index is 12.0. The fourth-order valence-corrected chi connectivity index (χ4v) is 1.96. The molecule has 1 aromatic carbocycles. The summed E-state index contributed by atoms with van der Waals surface area (Å²) >= 11 is 0. The van der Waals surface area contributed by atoms with Crippen LogP contribution in [-0.4, -0.2) is 40.4 Å². The predicted molar refractivity (Wildman–Crippen MR) is 66.4 cm³/mol. The number of nitrogens with zero attached hydrogens (tertiary/aromatic N) is 1. The summed E-state index contributed by atoms with van der Waals surface area (Å²) in [6.07, 6.45) is 0. The van der Waals surface area contributed by atoms with E-state index < -0.39 is 17.9 Å². The summed E-state index contributed by atoms with van der Waals surface area (Å²) in [5.41, 5.74) is 1.48. The zero-order valence-corrected chi connectivity index (χ0v) is 10.4. The summed E-state index contributed by atoms with van der Waals surface area (Å²) < 4.78 is 0. The number of carboxylic acid groups (broad SMARTS) is 1. The van der Waals surface area contributed by atoms with Crippen molar-refractivity contribution in [2.45, 2.75) is 19.5 Å². The van der Waals surface area contributed by atoms with Crippen LogP contribution in [0.3, 0.4) is 0 Å². The molecule has 2 N–H and O–H groups in total. The molecule has 6 heteroatoms. The van der Waals surface area contributed by atoms with Crippen LogP contribution in [-0.2, 0) is 16.1 Å². The molecule has 0 radical (unpaired) electrons. The lowest BCUT2D eigenvalue weighted by Crippen LogP contribution is -2.44. The van der Waals surface area contributed by atoms with Crippen LogP contribution >= 0.6 is 0 Å². The van der Waals surface area contributed by atoms with Crippen LogP contribution in [0.4, 0.5) is 0 Å². The molecule has 0 fully saturated rings. The van der Waals surface area contributed by atoms with Crippen molar-refractivity contribution in [3.8, 4) is 0 Å². The highest BCUT2D eigenvalue weighted by Gasteiger charge is 2.28. The number of aliphatic carboxylic acids is 1. The monoisotopic (exact) mass is 262 g/mol. The third-order valence-corrected chi connectivity index (χ3v) is 2.98. The Balaban J connectivity index is 1.98. The maximum absolute atomic E-state index is 12.0. The Morgan fingerprint density at radius 1 is 1.42 bits per heavy atom. The lowest BCUT2D eigenvalue weighted by molar-refractivity contribution is -0.141. The molecule has 1 aliphatic heterocycles. The third kappa shape index (κ3) is 2.73. The highest BCUT2D eigenvalue weighted by molar-refractivity contribution is 6.00. The molecule has 0 aliphatic carbocycles. The number of carbonyl (C=O) groups excluding carboxylic acids is 2. The van der Waals surface area contributed by atoms with E-state index in [-0.39, 0.29) is 12.5 Å². The first-order valence-corrected chi connectivity index (χ1v) is 5.88. The van der Waals surface area contributed by atoms with Gasteiger partial charge in [-0.05, 0) is 18.6 Å². The Kier molecular flexibility index (Phi) is 3.50. The topological polar surface area (TPSA) is 86.7 Å². The first kappa shape index (κ1) is 13.1.